The van der Waals surface area contributed by atoms with Gasteiger partial charge in [0.2, 0.25) is 0 Å². The smallest absolute Gasteiger partial charge is 0.342 e. The molecule has 0 radical (unpaired) electrons. The Bertz CT molecular complexity index is 763. The normalized spacial score (nSPS) is 21.5. The number of phenols is 1. The molecule has 1 aromatic carbocycles. The van der Waals surface area contributed by atoms with E-state index in [1.54, 1.807) is 20.1 Å². The van der Waals surface area contributed by atoms with Gasteiger partial charge in [-0.2, -0.15) is 0 Å². The van der Waals surface area contributed by atoms with Crippen molar-refractivity contribution in [1.29, 1.82) is 0 Å². The van der Waals surface area contributed by atoms with Crippen molar-refractivity contribution >= 4 is 12.0 Å². The number of esters is 1. The fraction of sp³-hybridized carbons (Fsp3) is 0.542. The third-order valence-corrected chi connectivity index (χ3v) is 5.15. The first-order valence-corrected chi connectivity index (χ1v) is 10.6. The molecule has 1 aliphatic heterocycles. The SMILES string of the molecule is C=CC[C@@H]1CC[C@H](OCOC)[C@@H](C[C@H](C)OC(=O)c2c(O)cc(OCOC)cc2C=C)O1. The molecule has 178 valence electrons. The summed E-state index contributed by atoms with van der Waals surface area (Å²) < 4.78 is 32.8. The second kappa shape index (κ2) is 13.2. The van der Waals surface area contributed by atoms with Crippen LogP contribution in [0, 0.1) is 0 Å². The Morgan fingerprint density at radius 2 is 2.00 bits per heavy atom. The average Bonchev–Trinajstić information content (AvgIpc) is 2.76. The van der Waals surface area contributed by atoms with Gasteiger partial charge in [0.15, 0.2) is 6.79 Å². The quantitative estimate of drug-likeness (QED) is 0.273. The van der Waals surface area contributed by atoms with Crippen molar-refractivity contribution in [3.8, 4) is 11.5 Å². The van der Waals surface area contributed by atoms with Crippen LogP contribution in [0.15, 0.2) is 31.4 Å². The molecule has 0 saturated carbocycles. The molecule has 8 heteroatoms. The molecule has 1 fully saturated rings. The molecular formula is C24H34O8. The topological polar surface area (TPSA) is 92.7 Å². The fourth-order valence-electron chi connectivity index (χ4n) is 3.68. The first-order chi connectivity index (χ1) is 15.4. The number of methoxy groups -OCH3 is 2. The molecule has 4 atom stereocenters. The molecule has 8 nitrogen and oxygen atoms in total. The minimum Gasteiger partial charge on any atom is -0.507 e. The Kier molecular flexibility index (Phi) is 10.7. The molecule has 1 heterocycles. The lowest BCUT2D eigenvalue weighted by molar-refractivity contribution is -0.178. The van der Waals surface area contributed by atoms with E-state index in [1.807, 2.05) is 6.08 Å². The number of carbonyl (C=O) groups excluding carboxylic acids is 1. The van der Waals surface area contributed by atoms with Crippen molar-refractivity contribution in [3.05, 3.63) is 42.5 Å². The van der Waals surface area contributed by atoms with Gasteiger partial charge < -0.3 is 33.5 Å². The second-order valence-electron chi connectivity index (χ2n) is 7.62. The minimum atomic E-state index is -0.656. The third-order valence-electron chi connectivity index (χ3n) is 5.15. The summed E-state index contributed by atoms with van der Waals surface area (Å²) in [5.41, 5.74) is 0.424. The summed E-state index contributed by atoms with van der Waals surface area (Å²) >= 11 is 0. The minimum absolute atomic E-state index is 0.0113. The Balaban J connectivity index is 2.08. The van der Waals surface area contributed by atoms with E-state index in [-0.39, 0.29) is 43.2 Å². The maximum Gasteiger partial charge on any atom is 0.342 e. The van der Waals surface area contributed by atoms with Crippen molar-refractivity contribution in [2.75, 3.05) is 27.8 Å². The van der Waals surface area contributed by atoms with E-state index in [4.69, 9.17) is 28.4 Å². The van der Waals surface area contributed by atoms with Crippen LogP contribution in [-0.2, 0) is 23.7 Å². The van der Waals surface area contributed by atoms with Crippen molar-refractivity contribution in [2.45, 2.75) is 57.0 Å². The summed E-state index contributed by atoms with van der Waals surface area (Å²) in [6.07, 6.45) is 5.30. The molecule has 0 unspecified atom stereocenters. The van der Waals surface area contributed by atoms with E-state index in [0.29, 0.717) is 17.7 Å². The molecule has 0 bridgehead atoms. The summed E-state index contributed by atoms with van der Waals surface area (Å²) in [5.74, 6) is -0.561. The number of aromatic hydroxyl groups is 1. The Morgan fingerprint density at radius 1 is 1.25 bits per heavy atom. The van der Waals surface area contributed by atoms with Crippen LogP contribution in [0.5, 0.6) is 11.5 Å². The lowest BCUT2D eigenvalue weighted by Gasteiger charge is -2.37. The van der Waals surface area contributed by atoms with E-state index < -0.39 is 12.1 Å². The van der Waals surface area contributed by atoms with Gasteiger partial charge in [0.1, 0.15) is 30.0 Å². The van der Waals surface area contributed by atoms with Gasteiger partial charge >= 0.3 is 5.97 Å². The number of rotatable bonds is 13. The zero-order valence-corrected chi connectivity index (χ0v) is 19.1. The first kappa shape index (κ1) is 25.9. The standard InChI is InChI=1S/C24H34O8/c1-6-8-18-9-10-21(30-15-28-5)22(32-18)11-16(3)31-24(26)23-17(7-2)12-19(13-20(23)25)29-14-27-4/h6-7,12-13,16,18,21-22,25H,1-2,8-11,14-15H2,3-5H3/t16-,18+,21-,22+/m0/s1. The first-order valence-electron chi connectivity index (χ1n) is 10.6. The molecule has 0 amide bonds. The molecule has 1 aromatic rings. The number of ether oxygens (including phenoxy) is 6. The van der Waals surface area contributed by atoms with Gasteiger partial charge in [-0.15, -0.1) is 6.58 Å². The highest BCUT2D eigenvalue weighted by atomic mass is 16.7. The largest absolute Gasteiger partial charge is 0.507 e. The maximum absolute atomic E-state index is 12.8. The highest BCUT2D eigenvalue weighted by Crippen LogP contribution is 2.31. The van der Waals surface area contributed by atoms with E-state index in [2.05, 4.69) is 13.2 Å². The van der Waals surface area contributed by atoms with Crippen LogP contribution in [0.3, 0.4) is 0 Å². The molecule has 0 spiro atoms. The van der Waals surface area contributed by atoms with Crippen molar-refractivity contribution in [1.82, 2.24) is 0 Å². The zero-order chi connectivity index (χ0) is 23.5. The molecule has 1 N–H and O–H groups in total. The van der Waals surface area contributed by atoms with Crippen LogP contribution < -0.4 is 4.74 Å². The summed E-state index contributed by atoms with van der Waals surface area (Å²) in [7, 11) is 3.06. The molecule has 2 rings (SSSR count). The van der Waals surface area contributed by atoms with Crippen molar-refractivity contribution < 1.29 is 38.3 Å². The fourth-order valence-corrected chi connectivity index (χ4v) is 3.68. The molecule has 1 saturated heterocycles. The van der Waals surface area contributed by atoms with Crippen LogP contribution in [0.2, 0.25) is 0 Å². The van der Waals surface area contributed by atoms with Gasteiger partial charge in [-0.25, -0.2) is 4.79 Å². The van der Waals surface area contributed by atoms with Gasteiger partial charge in [0.25, 0.3) is 0 Å². The number of carbonyl (C=O) groups is 1. The highest BCUT2D eigenvalue weighted by Gasteiger charge is 2.33. The average molecular weight is 451 g/mol. The van der Waals surface area contributed by atoms with Crippen LogP contribution in [-0.4, -0.2) is 63.3 Å². The molecule has 32 heavy (non-hydrogen) atoms. The van der Waals surface area contributed by atoms with E-state index >= 15 is 0 Å². The third kappa shape index (κ3) is 7.34. The summed E-state index contributed by atoms with van der Waals surface area (Å²) in [6.45, 7) is 9.45. The lowest BCUT2D eigenvalue weighted by Crippen LogP contribution is -2.42. The molecule has 0 aliphatic carbocycles. The van der Waals surface area contributed by atoms with Gasteiger partial charge in [-0.1, -0.05) is 18.7 Å². The number of hydrogen-bond acceptors (Lipinski definition) is 8. The summed E-state index contributed by atoms with van der Waals surface area (Å²) in [5, 5.41) is 10.4. The van der Waals surface area contributed by atoms with Crippen molar-refractivity contribution in [2.24, 2.45) is 0 Å². The summed E-state index contributed by atoms with van der Waals surface area (Å²) in [4.78, 5) is 12.8. The number of hydrogen-bond donors (Lipinski definition) is 1. The summed E-state index contributed by atoms with van der Waals surface area (Å²) in [6, 6.07) is 2.93. The van der Waals surface area contributed by atoms with E-state index in [1.165, 1.54) is 19.3 Å². The van der Waals surface area contributed by atoms with Crippen LogP contribution in [0.1, 0.15) is 48.5 Å². The van der Waals surface area contributed by atoms with Gasteiger partial charge in [0, 0.05) is 26.7 Å². The van der Waals surface area contributed by atoms with E-state index in [9.17, 15) is 9.90 Å². The van der Waals surface area contributed by atoms with E-state index in [0.717, 1.165) is 19.3 Å². The highest BCUT2D eigenvalue weighted by molar-refractivity contribution is 5.97. The Morgan fingerprint density at radius 3 is 2.66 bits per heavy atom. The lowest BCUT2D eigenvalue weighted by atomic mass is 9.95. The van der Waals surface area contributed by atoms with Crippen molar-refractivity contribution in [3.63, 3.8) is 0 Å². The predicted molar refractivity (Wildman–Crippen MR) is 120 cm³/mol. The van der Waals surface area contributed by atoms with Crippen LogP contribution in [0.25, 0.3) is 6.08 Å². The number of phenolic OH excluding ortho intramolecular Hbond substituents is 1. The van der Waals surface area contributed by atoms with Gasteiger partial charge in [0.05, 0.1) is 18.3 Å². The molecule has 1 aliphatic rings. The molecule has 0 aromatic heterocycles. The Labute approximate surface area is 189 Å². The van der Waals surface area contributed by atoms with Gasteiger partial charge in [-0.05, 0) is 37.8 Å². The zero-order valence-electron chi connectivity index (χ0n) is 19.1. The van der Waals surface area contributed by atoms with Crippen LogP contribution in [0.4, 0.5) is 0 Å². The molecular weight excluding hydrogens is 416 g/mol. The second-order valence-corrected chi connectivity index (χ2v) is 7.62. The predicted octanol–water partition coefficient (Wildman–Crippen LogP) is 4.07. The Hall–Kier alpha value is -2.39. The monoisotopic (exact) mass is 450 g/mol. The maximum atomic E-state index is 12.8. The number of benzene rings is 1. The van der Waals surface area contributed by atoms with Crippen LogP contribution >= 0.6 is 0 Å². The van der Waals surface area contributed by atoms with Gasteiger partial charge in [-0.3, -0.25) is 0 Å².